The predicted octanol–water partition coefficient (Wildman–Crippen LogP) is 1.92. The van der Waals surface area contributed by atoms with Gasteiger partial charge in [-0.25, -0.2) is 8.99 Å². The molecule has 0 aromatic carbocycles. The molecule has 0 unspecified atom stereocenters. The molecule has 2 rings (SSSR count). The van der Waals surface area contributed by atoms with E-state index < -0.39 is 0 Å². The maximum Gasteiger partial charge on any atom is 0.242 e. The van der Waals surface area contributed by atoms with Gasteiger partial charge in [-0.05, 0) is 15.9 Å². The summed E-state index contributed by atoms with van der Waals surface area (Å²) in [4.78, 5) is 11.2. The minimum Gasteiger partial charge on any atom is -0.273 e. The third-order valence-electron chi connectivity index (χ3n) is 1.77. The van der Waals surface area contributed by atoms with E-state index >= 15 is 0 Å². The zero-order valence-corrected chi connectivity index (χ0v) is 8.81. The summed E-state index contributed by atoms with van der Waals surface area (Å²) >= 11 is 3.08. The highest BCUT2D eigenvalue weighted by Crippen LogP contribution is 2.30. The van der Waals surface area contributed by atoms with Gasteiger partial charge in [0.05, 0.1) is 6.54 Å². The van der Waals surface area contributed by atoms with Crippen LogP contribution < -0.4 is 4.31 Å². The number of hydrogen-bond acceptors (Lipinski definition) is 3. The first kappa shape index (κ1) is 9.01. The van der Waals surface area contributed by atoms with Crippen LogP contribution in [0.25, 0.3) is 0 Å². The van der Waals surface area contributed by atoms with Gasteiger partial charge in [0.2, 0.25) is 5.91 Å². The third kappa shape index (κ3) is 1.46. The molecule has 0 saturated carbocycles. The molecule has 1 aliphatic rings. The maximum absolute atomic E-state index is 12.4. The molecule has 4 nitrogen and oxygen atoms in total. The molecular weight excluding hydrogens is 261 g/mol. The molecule has 0 fully saturated rings. The summed E-state index contributed by atoms with van der Waals surface area (Å²) in [7, 11) is 0. The number of nitrogens with zero attached hydrogens (tertiary/aromatic N) is 3. The molecule has 0 N–H and O–H groups in total. The Morgan fingerprint density at radius 2 is 2.46 bits per heavy atom. The first-order valence-electron chi connectivity index (χ1n) is 3.57. The summed E-state index contributed by atoms with van der Waals surface area (Å²) in [6, 6.07) is 1.61. The van der Waals surface area contributed by atoms with Crippen molar-refractivity contribution in [2.24, 2.45) is 0 Å². The number of amides is 1. The molecule has 1 aromatic rings. The lowest BCUT2D eigenvalue weighted by Gasteiger charge is -2.22. The summed E-state index contributed by atoms with van der Waals surface area (Å²) in [6.45, 7) is 0.511. The molecule has 0 aliphatic carbocycles. The summed E-state index contributed by atoms with van der Waals surface area (Å²) < 4.78 is 15.6. The quantitative estimate of drug-likeness (QED) is 0.729. The number of carbonyl (C=O) groups is 1. The number of anilines is 1. The molecule has 13 heavy (non-hydrogen) atoms. The SMILES string of the molecule is O=C1CCn2nc(Br)cc2N1SF. The van der Waals surface area contributed by atoms with Crippen molar-refractivity contribution in [3.05, 3.63) is 10.7 Å². The van der Waals surface area contributed by atoms with Crippen LogP contribution in [-0.2, 0) is 11.3 Å². The van der Waals surface area contributed by atoms with E-state index in [1.165, 1.54) is 0 Å². The Morgan fingerprint density at radius 3 is 3.15 bits per heavy atom. The van der Waals surface area contributed by atoms with Crippen molar-refractivity contribution < 1.29 is 8.68 Å². The van der Waals surface area contributed by atoms with Crippen LogP contribution in [0.2, 0.25) is 0 Å². The average Bonchev–Trinajstić information content (AvgIpc) is 2.45. The van der Waals surface area contributed by atoms with E-state index in [0.717, 1.165) is 4.31 Å². The number of carbonyl (C=O) groups excluding carboxylic acids is 1. The van der Waals surface area contributed by atoms with Gasteiger partial charge in [-0.1, -0.05) is 0 Å². The van der Waals surface area contributed by atoms with E-state index in [1.807, 2.05) is 0 Å². The molecule has 1 aliphatic heterocycles. The Labute approximate surface area is 86.6 Å². The Morgan fingerprint density at radius 1 is 1.69 bits per heavy atom. The van der Waals surface area contributed by atoms with Gasteiger partial charge >= 0.3 is 0 Å². The Hall–Kier alpha value is -0.560. The van der Waals surface area contributed by atoms with Gasteiger partial charge < -0.3 is 0 Å². The van der Waals surface area contributed by atoms with Crippen LogP contribution in [0.1, 0.15) is 6.42 Å². The highest BCUT2D eigenvalue weighted by Gasteiger charge is 2.26. The lowest BCUT2D eigenvalue weighted by Crippen LogP contribution is -2.31. The van der Waals surface area contributed by atoms with Gasteiger partial charge in [0.15, 0.2) is 12.3 Å². The van der Waals surface area contributed by atoms with Crippen molar-refractivity contribution in [1.29, 1.82) is 0 Å². The van der Waals surface area contributed by atoms with Gasteiger partial charge in [-0.2, -0.15) is 5.10 Å². The standard InChI is InChI=1S/C6H5BrFN3OS/c7-4-3-5-10(9-4)2-1-6(12)11(5)13-8/h3H,1-2H2. The van der Waals surface area contributed by atoms with Crippen LogP contribution in [0.15, 0.2) is 10.7 Å². The second kappa shape index (κ2) is 3.30. The van der Waals surface area contributed by atoms with Crippen molar-refractivity contribution in [2.45, 2.75) is 13.0 Å². The largest absolute Gasteiger partial charge is 0.273 e. The number of hydrogen-bond donors (Lipinski definition) is 0. The van der Waals surface area contributed by atoms with Crippen molar-refractivity contribution >= 4 is 40.0 Å². The van der Waals surface area contributed by atoms with Crippen molar-refractivity contribution in [3.8, 4) is 0 Å². The molecule has 0 bridgehead atoms. The average molecular weight is 266 g/mol. The van der Waals surface area contributed by atoms with Crippen LogP contribution in [0.4, 0.5) is 9.70 Å². The molecule has 0 radical (unpaired) electrons. The second-order valence-electron chi connectivity index (χ2n) is 2.56. The van der Waals surface area contributed by atoms with E-state index in [9.17, 15) is 8.68 Å². The minimum absolute atomic E-state index is 0.0880. The molecular formula is C6H5BrFN3OS. The summed E-state index contributed by atoms with van der Waals surface area (Å²) in [5.74, 6) is 0.253. The van der Waals surface area contributed by atoms with E-state index in [1.54, 1.807) is 10.7 Å². The van der Waals surface area contributed by atoms with E-state index in [0.29, 0.717) is 17.0 Å². The third-order valence-corrected chi connectivity index (χ3v) is 2.69. The molecule has 70 valence electrons. The normalized spacial score (nSPS) is 16.2. The summed E-state index contributed by atoms with van der Waals surface area (Å²) in [5, 5.41) is 4.04. The number of aryl methyl sites for hydroxylation is 1. The molecule has 1 aromatic heterocycles. The zero-order valence-electron chi connectivity index (χ0n) is 6.41. The number of aromatic nitrogens is 2. The van der Waals surface area contributed by atoms with Gasteiger partial charge in [0.25, 0.3) is 0 Å². The highest BCUT2D eigenvalue weighted by atomic mass is 79.9. The lowest BCUT2D eigenvalue weighted by atomic mass is 10.3. The summed E-state index contributed by atoms with van der Waals surface area (Å²) in [5.41, 5.74) is 0. The fourth-order valence-corrected chi connectivity index (χ4v) is 1.99. The van der Waals surface area contributed by atoms with E-state index in [2.05, 4.69) is 21.0 Å². The zero-order chi connectivity index (χ0) is 9.42. The van der Waals surface area contributed by atoms with Gasteiger partial charge in [0, 0.05) is 12.5 Å². The second-order valence-corrected chi connectivity index (χ2v) is 3.87. The van der Waals surface area contributed by atoms with E-state index in [4.69, 9.17) is 0 Å². The van der Waals surface area contributed by atoms with Crippen LogP contribution in [0, 0.1) is 0 Å². The fourth-order valence-electron chi connectivity index (χ4n) is 1.21. The molecule has 2 heterocycles. The molecule has 0 atom stereocenters. The van der Waals surface area contributed by atoms with Crippen LogP contribution in [-0.4, -0.2) is 15.7 Å². The molecule has 0 spiro atoms. The first-order chi connectivity index (χ1) is 6.22. The van der Waals surface area contributed by atoms with Crippen LogP contribution >= 0.6 is 28.3 Å². The predicted molar refractivity (Wildman–Crippen MR) is 50.7 cm³/mol. The topological polar surface area (TPSA) is 38.1 Å². The van der Waals surface area contributed by atoms with E-state index in [-0.39, 0.29) is 24.7 Å². The van der Waals surface area contributed by atoms with Crippen molar-refractivity contribution in [1.82, 2.24) is 9.78 Å². The fraction of sp³-hybridized carbons (Fsp3) is 0.333. The maximum atomic E-state index is 12.4. The van der Waals surface area contributed by atoms with Gasteiger partial charge in [0.1, 0.15) is 10.4 Å². The highest BCUT2D eigenvalue weighted by molar-refractivity contribution is 9.10. The molecule has 7 heteroatoms. The van der Waals surface area contributed by atoms with Crippen molar-refractivity contribution in [3.63, 3.8) is 0 Å². The van der Waals surface area contributed by atoms with Crippen LogP contribution in [0.3, 0.4) is 0 Å². The summed E-state index contributed by atoms with van der Waals surface area (Å²) in [6.07, 6.45) is 0.290. The smallest absolute Gasteiger partial charge is 0.242 e. The molecule has 1 amide bonds. The first-order valence-corrected chi connectivity index (χ1v) is 5.04. The Bertz CT molecular complexity index is 356. The monoisotopic (exact) mass is 265 g/mol. The Kier molecular flexibility index (Phi) is 2.29. The van der Waals surface area contributed by atoms with Crippen molar-refractivity contribution in [2.75, 3.05) is 4.31 Å². The molecule has 0 saturated heterocycles. The van der Waals surface area contributed by atoms with Crippen LogP contribution in [0.5, 0.6) is 0 Å². The lowest BCUT2D eigenvalue weighted by molar-refractivity contribution is -0.118. The number of rotatable bonds is 1. The number of fused-ring (bicyclic) bond motifs is 1. The minimum atomic E-state index is -0.229. The number of halogens is 2. The Balaban J connectivity index is 2.44. The van der Waals surface area contributed by atoms with Gasteiger partial charge in [-0.15, -0.1) is 3.89 Å². The van der Waals surface area contributed by atoms with Gasteiger partial charge in [-0.3, -0.25) is 4.79 Å².